The summed E-state index contributed by atoms with van der Waals surface area (Å²) in [6.45, 7) is 0.415. The Balaban J connectivity index is 2.50. The van der Waals surface area contributed by atoms with Crippen LogP contribution in [-0.4, -0.2) is 30.7 Å². The molecule has 1 fully saturated rings. The predicted octanol–water partition coefficient (Wildman–Crippen LogP) is 0.552. The Hall–Kier alpha value is -0.620. The lowest BCUT2D eigenvalue weighted by Crippen LogP contribution is -2.23. The molecule has 1 heterocycles. The summed E-state index contributed by atoms with van der Waals surface area (Å²) in [6, 6.07) is 1.84. The van der Waals surface area contributed by atoms with Crippen molar-refractivity contribution in [3.05, 3.63) is 0 Å². The molecule has 0 saturated carbocycles. The third kappa shape index (κ3) is 1.19. The van der Waals surface area contributed by atoms with E-state index >= 15 is 0 Å². The maximum atomic E-state index is 12.4. The van der Waals surface area contributed by atoms with E-state index in [1.807, 2.05) is 6.07 Å². The van der Waals surface area contributed by atoms with E-state index in [1.165, 1.54) is 0 Å². The zero-order chi connectivity index (χ0) is 6.85. The third-order valence-electron chi connectivity index (χ3n) is 1.65. The van der Waals surface area contributed by atoms with Crippen molar-refractivity contribution in [1.29, 1.82) is 5.26 Å². The number of rotatable bonds is 0. The van der Waals surface area contributed by atoms with E-state index in [1.54, 1.807) is 11.9 Å². The molecule has 2 unspecified atom stereocenters. The molecule has 0 aromatic heterocycles. The van der Waals surface area contributed by atoms with Gasteiger partial charge in [0.25, 0.3) is 0 Å². The molecule has 0 radical (unpaired) electrons. The van der Waals surface area contributed by atoms with Crippen LogP contribution in [0, 0.1) is 11.3 Å². The first-order valence-corrected chi connectivity index (χ1v) is 2.98. The highest BCUT2D eigenvalue weighted by Gasteiger charge is 2.28. The first-order valence-electron chi connectivity index (χ1n) is 2.98. The molecular weight excluding hydrogens is 119 g/mol. The molecule has 1 rings (SSSR count). The van der Waals surface area contributed by atoms with Gasteiger partial charge in [-0.1, -0.05) is 0 Å². The quantitative estimate of drug-likeness (QED) is 0.476. The number of halogens is 1. The molecule has 3 heteroatoms. The molecule has 0 N–H and O–H groups in total. The fraction of sp³-hybridized carbons (Fsp3) is 0.833. The van der Waals surface area contributed by atoms with Crippen LogP contribution >= 0.6 is 0 Å². The van der Waals surface area contributed by atoms with Gasteiger partial charge in [-0.25, -0.2) is 4.39 Å². The molecule has 0 bridgehead atoms. The fourth-order valence-corrected chi connectivity index (χ4v) is 1.09. The molecule has 0 aromatic rings. The second-order valence-electron chi connectivity index (χ2n) is 2.42. The molecule has 1 aliphatic rings. The van der Waals surface area contributed by atoms with E-state index in [0.717, 1.165) is 0 Å². The van der Waals surface area contributed by atoms with E-state index < -0.39 is 6.17 Å². The van der Waals surface area contributed by atoms with Crippen LogP contribution in [0.15, 0.2) is 0 Å². The van der Waals surface area contributed by atoms with Gasteiger partial charge in [0.2, 0.25) is 0 Å². The lowest BCUT2D eigenvalue weighted by Gasteiger charge is -2.08. The first kappa shape index (κ1) is 6.50. The molecule has 0 spiro atoms. The highest BCUT2D eigenvalue weighted by molar-refractivity contribution is 4.97. The summed E-state index contributed by atoms with van der Waals surface area (Å²) in [5, 5.41) is 8.40. The Morgan fingerprint density at radius 1 is 1.78 bits per heavy atom. The number of likely N-dealkylation sites (tertiary alicyclic amines) is 1. The maximum Gasteiger partial charge on any atom is 0.115 e. The molecule has 2 nitrogen and oxygen atoms in total. The van der Waals surface area contributed by atoms with E-state index in [9.17, 15) is 4.39 Å². The smallest absolute Gasteiger partial charge is 0.115 e. The third-order valence-corrected chi connectivity index (χ3v) is 1.65. The Morgan fingerprint density at radius 3 is 2.67 bits per heavy atom. The van der Waals surface area contributed by atoms with Crippen molar-refractivity contribution in [1.82, 2.24) is 4.90 Å². The maximum absolute atomic E-state index is 12.4. The number of hydrogen-bond acceptors (Lipinski definition) is 2. The van der Waals surface area contributed by atoms with Crippen molar-refractivity contribution in [3.8, 4) is 6.07 Å². The lowest BCUT2D eigenvalue weighted by molar-refractivity contribution is 0.313. The van der Waals surface area contributed by atoms with Crippen LogP contribution < -0.4 is 0 Å². The monoisotopic (exact) mass is 128 g/mol. The van der Waals surface area contributed by atoms with Gasteiger partial charge in [0.15, 0.2) is 0 Å². The lowest BCUT2D eigenvalue weighted by atomic mass is 10.2. The summed E-state index contributed by atoms with van der Waals surface area (Å²) in [6.07, 6.45) is -0.410. The van der Waals surface area contributed by atoms with E-state index in [0.29, 0.717) is 13.0 Å². The van der Waals surface area contributed by atoms with Crippen LogP contribution in [-0.2, 0) is 0 Å². The van der Waals surface area contributed by atoms with E-state index in [4.69, 9.17) is 5.26 Å². The Kier molecular flexibility index (Phi) is 1.68. The number of nitriles is 1. The molecule has 0 aromatic carbocycles. The Morgan fingerprint density at radius 2 is 2.44 bits per heavy atom. The topological polar surface area (TPSA) is 27.0 Å². The average molecular weight is 128 g/mol. The van der Waals surface area contributed by atoms with E-state index in [2.05, 4.69) is 0 Å². The normalized spacial score (nSPS) is 36.6. The van der Waals surface area contributed by atoms with Crippen molar-refractivity contribution < 1.29 is 4.39 Å². The van der Waals surface area contributed by atoms with Gasteiger partial charge in [-0.2, -0.15) is 5.26 Å². The van der Waals surface area contributed by atoms with Crippen LogP contribution in [0.3, 0.4) is 0 Å². The highest BCUT2D eigenvalue weighted by Crippen LogP contribution is 2.16. The highest BCUT2D eigenvalue weighted by atomic mass is 19.1. The SMILES string of the molecule is CN1CC(F)CC1C#N. The van der Waals surface area contributed by atoms with Crippen molar-refractivity contribution in [2.75, 3.05) is 13.6 Å². The van der Waals surface area contributed by atoms with Crippen LogP contribution in [0.4, 0.5) is 4.39 Å². The second kappa shape index (κ2) is 2.32. The van der Waals surface area contributed by atoms with Crippen molar-refractivity contribution in [2.45, 2.75) is 18.6 Å². The minimum atomic E-state index is -0.792. The standard InChI is InChI=1S/C6H9FN2/c1-9-4-5(7)2-6(9)3-8/h5-6H,2,4H2,1H3. The van der Waals surface area contributed by atoms with Crippen LogP contribution in [0.2, 0.25) is 0 Å². The minimum Gasteiger partial charge on any atom is -0.288 e. The van der Waals surface area contributed by atoms with Gasteiger partial charge in [-0.15, -0.1) is 0 Å². The van der Waals surface area contributed by atoms with Crippen LogP contribution in [0.25, 0.3) is 0 Å². The van der Waals surface area contributed by atoms with Gasteiger partial charge in [0.05, 0.1) is 6.07 Å². The molecule has 0 aliphatic carbocycles. The summed E-state index contributed by atoms with van der Waals surface area (Å²) in [5.74, 6) is 0. The molecule has 0 amide bonds. The Labute approximate surface area is 53.9 Å². The zero-order valence-corrected chi connectivity index (χ0v) is 5.34. The molecule has 9 heavy (non-hydrogen) atoms. The molecule has 2 atom stereocenters. The van der Waals surface area contributed by atoms with Crippen LogP contribution in [0.1, 0.15) is 6.42 Å². The summed E-state index contributed by atoms with van der Waals surface area (Å²) in [4.78, 5) is 1.74. The fourth-order valence-electron chi connectivity index (χ4n) is 1.09. The van der Waals surface area contributed by atoms with Crippen molar-refractivity contribution in [2.24, 2.45) is 0 Å². The van der Waals surface area contributed by atoms with Gasteiger partial charge in [0, 0.05) is 13.0 Å². The summed E-state index contributed by atoms with van der Waals surface area (Å²) in [5.41, 5.74) is 0. The molecule has 1 saturated heterocycles. The predicted molar refractivity (Wildman–Crippen MR) is 31.5 cm³/mol. The summed E-state index contributed by atoms with van der Waals surface area (Å²) in [7, 11) is 1.77. The summed E-state index contributed by atoms with van der Waals surface area (Å²) >= 11 is 0. The van der Waals surface area contributed by atoms with Gasteiger partial charge in [0.1, 0.15) is 12.2 Å². The number of alkyl halides is 1. The Bertz CT molecular complexity index is 140. The molecule has 1 aliphatic heterocycles. The summed E-state index contributed by atoms with van der Waals surface area (Å²) < 4.78 is 12.4. The molecule has 50 valence electrons. The van der Waals surface area contributed by atoms with Gasteiger partial charge in [-0.3, -0.25) is 4.90 Å². The van der Waals surface area contributed by atoms with Crippen molar-refractivity contribution in [3.63, 3.8) is 0 Å². The van der Waals surface area contributed by atoms with Gasteiger partial charge in [-0.05, 0) is 7.05 Å². The minimum absolute atomic E-state index is 0.194. The van der Waals surface area contributed by atoms with Gasteiger partial charge < -0.3 is 0 Å². The second-order valence-corrected chi connectivity index (χ2v) is 2.42. The van der Waals surface area contributed by atoms with Crippen LogP contribution in [0.5, 0.6) is 0 Å². The number of hydrogen-bond donors (Lipinski definition) is 0. The largest absolute Gasteiger partial charge is 0.288 e. The van der Waals surface area contributed by atoms with Crippen molar-refractivity contribution >= 4 is 0 Å². The zero-order valence-electron chi connectivity index (χ0n) is 5.34. The first-order chi connectivity index (χ1) is 4.24. The molecular formula is C6H9FN2. The number of nitrogens with zero attached hydrogens (tertiary/aromatic N) is 2. The van der Waals surface area contributed by atoms with E-state index in [-0.39, 0.29) is 6.04 Å². The van der Waals surface area contributed by atoms with Gasteiger partial charge >= 0.3 is 0 Å². The average Bonchev–Trinajstić information content (AvgIpc) is 2.10.